The van der Waals surface area contributed by atoms with Crippen molar-refractivity contribution >= 4 is 5.91 Å². The van der Waals surface area contributed by atoms with E-state index in [1.807, 2.05) is 0 Å². The van der Waals surface area contributed by atoms with Gasteiger partial charge in [-0.3, -0.25) is 4.79 Å². The molecule has 2 N–H and O–H groups in total. The fourth-order valence-corrected chi connectivity index (χ4v) is 3.62. The van der Waals surface area contributed by atoms with E-state index in [0.29, 0.717) is 30.1 Å². The molecule has 19 heavy (non-hydrogen) atoms. The average molecular weight is 267 g/mol. The summed E-state index contributed by atoms with van der Waals surface area (Å²) >= 11 is 0. The summed E-state index contributed by atoms with van der Waals surface area (Å²) in [5, 5.41) is 12.2. The van der Waals surface area contributed by atoms with Gasteiger partial charge < -0.3 is 10.4 Å². The zero-order valence-electron chi connectivity index (χ0n) is 12.5. The van der Waals surface area contributed by atoms with Crippen molar-refractivity contribution in [2.75, 3.05) is 6.61 Å². The predicted molar refractivity (Wildman–Crippen MR) is 76.7 cm³/mol. The third-order valence-corrected chi connectivity index (χ3v) is 4.76. The Morgan fingerprint density at radius 2 is 2.11 bits per heavy atom. The number of hydrogen-bond acceptors (Lipinski definition) is 2. The van der Waals surface area contributed by atoms with E-state index in [4.69, 9.17) is 5.11 Å². The van der Waals surface area contributed by atoms with E-state index in [-0.39, 0.29) is 18.6 Å². The van der Waals surface area contributed by atoms with Crippen molar-refractivity contribution in [3.8, 4) is 0 Å². The highest BCUT2D eigenvalue weighted by molar-refractivity contribution is 5.76. The Balaban J connectivity index is 1.76. The maximum absolute atomic E-state index is 12.1. The number of aliphatic hydroxyl groups excluding tert-OH is 1. The lowest BCUT2D eigenvalue weighted by molar-refractivity contribution is -0.123. The van der Waals surface area contributed by atoms with Gasteiger partial charge in [0.15, 0.2) is 0 Å². The zero-order valence-corrected chi connectivity index (χ0v) is 12.5. The van der Waals surface area contributed by atoms with E-state index < -0.39 is 0 Å². The fourth-order valence-electron chi connectivity index (χ4n) is 3.62. The molecule has 0 saturated heterocycles. The molecule has 3 heteroatoms. The van der Waals surface area contributed by atoms with Crippen LogP contribution in [0, 0.1) is 17.3 Å². The van der Waals surface area contributed by atoms with Crippen LogP contribution in [-0.2, 0) is 4.79 Å². The van der Waals surface area contributed by atoms with E-state index in [0.717, 1.165) is 0 Å². The minimum absolute atomic E-state index is 0.178. The Morgan fingerprint density at radius 3 is 2.68 bits per heavy atom. The normalized spacial score (nSPS) is 27.8. The second-order valence-electron chi connectivity index (χ2n) is 7.35. The summed E-state index contributed by atoms with van der Waals surface area (Å²) in [6.45, 7) is 4.81. The zero-order chi connectivity index (χ0) is 13.9. The Hall–Kier alpha value is -0.570. The molecule has 0 heterocycles. The molecule has 0 aliphatic heterocycles. The molecule has 0 spiro atoms. The van der Waals surface area contributed by atoms with Crippen molar-refractivity contribution in [3.63, 3.8) is 0 Å². The van der Waals surface area contributed by atoms with Gasteiger partial charge in [0.05, 0.1) is 0 Å². The lowest BCUT2D eigenvalue weighted by atomic mass is 9.71. The van der Waals surface area contributed by atoms with Crippen molar-refractivity contribution < 1.29 is 9.90 Å². The molecule has 2 saturated carbocycles. The average Bonchev–Trinajstić information content (AvgIpc) is 3.10. The van der Waals surface area contributed by atoms with Crippen molar-refractivity contribution in [1.82, 2.24) is 5.32 Å². The van der Waals surface area contributed by atoms with E-state index in [9.17, 15) is 4.79 Å². The first kappa shape index (κ1) is 14.8. The third kappa shape index (κ3) is 4.79. The van der Waals surface area contributed by atoms with Gasteiger partial charge in [-0.05, 0) is 55.8 Å². The van der Waals surface area contributed by atoms with Crippen LogP contribution in [-0.4, -0.2) is 23.7 Å². The molecule has 2 unspecified atom stereocenters. The first-order chi connectivity index (χ1) is 9.00. The summed E-state index contributed by atoms with van der Waals surface area (Å²) in [4.78, 5) is 12.1. The molecule has 1 amide bonds. The van der Waals surface area contributed by atoms with E-state index in [1.54, 1.807) is 0 Å². The number of hydrogen-bond donors (Lipinski definition) is 2. The highest BCUT2D eigenvalue weighted by atomic mass is 16.3. The maximum atomic E-state index is 12.1. The Kier molecular flexibility index (Phi) is 4.88. The number of rotatable bonds is 6. The Bertz CT molecular complexity index is 310. The third-order valence-electron chi connectivity index (χ3n) is 4.76. The van der Waals surface area contributed by atoms with E-state index in [2.05, 4.69) is 19.2 Å². The van der Waals surface area contributed by atoms with Gasteiger partial charge in [-0.1, -0.05) is 20.3 Å². The summed E-state index contributed by atoms with van der Waals surface area (Å²) in [5.74, 6) is 1.38. The summed E-state index contributed by atoms with van der Waals surface area (Å²) in [5.41, 5.74) is 0.407. The number of amides is 1. The molecule has 0 radical (unpaired) electrons. The summed E-state index contributed by atoms with van der Waals surface area (Å²) in [7, 11) is 0. The fraction of sp³-hybridized carbons (Fsp3) is 0.938. The molecule has 2 rings (SSSR count). The standard InChI is InChI=1S/C16H29NO2/c1-16(2)8-3-4-12(11-16)10-15(19)17-14(7-9-18)13-5-6-13/h12-14,18H,3-11H2,1-2H3,(H,17,19). The van der Waals surface area contributed by atoms with E-state index in [1.165, 1.54) is 38.5 Å². The second-order valence-corrected chi connectivity index (χ2v) is 7.35. The molecule has 2 fully saturated rings. The lowest BCUT2D eigenvalue weighted by Crippen LogP contribution is -2.38. The molecule has 0 aromatic rings. The van der Waals surface area contributed by atoms with Gasteiger partial charge in [0.2, 0.25) is 5.91 Å². The number of carbonyl (C=O) groups is 1. The van der Waals surface area contributed by atoms with Crippen LogP contribution in [0.4, 0.5) is 0 Å². The van der Waals surface area contributed by atoms with Gasteiger partial charge in [0.25, 0.3) is 0 Å². The monoisotopic (exact) mass is 267 g/mol. The quantitative estimate of drug-likeness (QED) is 0.777. The first-order valence-corrected chi connectivity index (χ1v) is 7.90. The van der Waals surface area contributed by atoms with Crippen molar-refractivity contribution in [3.05, 3.63) is 0 Å². The molecule has 0 aromatic carbocycles. The van der Waals surface area contributed by atoms with Crippen LogP contribution in [0.15, 0.2) is 0 Å². The van der Waals surface area contributed by atoms with Gasteiger partial charge in [0, 0.05) is 19.1 Å². The van der Waals surface area contributed by atoms with Gasteiger partial charge in [-0.2, -0.15) is 0 Å². The van der Waals surface area contributed by atoms with Gasteiger partial charge >= 0.3 is 0 Å². The highest BCUT2D eigenvalue weighted by Crippen LogP contribution is 2.40. The Labute approximate surface area is 117 Å². The van der Waals surface area contributed by atoms with Crippen LogP contribution in [0.3, 0.4) is 0 Å². The summed E-state index contributed by atoms with van der Waals surface area (Å²) in [6, 6.07) is 0.217. The SMILES string of the molecule is CC1(C)CCCC(CC(=O)NC(CCO)C2CC2)C1. The summed E-state index contributed by atoms with van der Waals surface area (Å²) < 4.78 is 0. The predicted octanol–water partition coefficient (Wildman–Crippen LogP) is 2.87. The van der Waals surface area contributed by atoms with Crippen LogP contribution < -0.4 is 5.32 Å². The minimum atomic E-state index is 0.178. The molecular formula is C16H29NO2. The molecule has 2 aliphatic carbocycles. The topological polar surface area (TPSA) is 49.3 Å². The summed E-state index contributed by atoms with van der Waals surface area (Å²) in [6.07, 6.45) is 8.74. The second kappa shape index (κ2) is 6.25. The molecule has 2 atom stereocenters. The van der Waals surface area contributed by atoms with Crippen molar-refractivity contribution in [1.29, 1.82) is 0 Å². The maximum Gasteiger partial charge on any atom is 0.220 e. The highest BCUT2D eigenvalue weighted by Gasteiger charge is 2.33. The smallest absolute Gasteiger partial charge is 0.220 e. The first-order valence-electron chi connectivity index (χ1n) is 7.90. The number of carbonyl (C=O) groups excluding carboxylic acids is 1. The van der Waals surface area contributed by atoms with Crippen LogP contribution in [0.5, 0.6) is 0 Å². The van der Waals surface area contributed by atoms with E-state index >= 15 is 0 Å². The number of aliphatic hydroxyl groups is 1. The lowest BCUT2D eigenvalue weighted by Gasteiger charge is -2.35. The largest absolute Gasteiger partial charge is 0.396 e. The molecule has 2 aliphatic rings. The molecular weight excluding hydrogens is 238 g/mol. The molecule has 0 bridgehead atoms. The molecule has 110 valence electrons. The van der Waals surface area contributed by atoms with Crippen LogP contribution in [0.1, 0.15) is 65.2 Å². The van der Waals surface area contributed by atoms with Gasteiger partial charge in [0.1, 0.15) is 0 Å². The van der Waals surface area contributed by atoms with Crippen molar-refractivity contribution in [2.45, 2.75) is 71.3 Å². The molecule has 3 nitrogen and oxygen atoms in total. The van der Waals surface area contributed by atoms with Crippen molar-refractivity contribution in [2.24, 2.45) is 17.3 Å². The number of nitrogens with one attached hydrogen (secondary N) is 1. The van der Waals surface area contributed by atoms with Gasteiger partial charge in [-0.25, -0.2) is 0 Å². The minimum Gasteiger partial charge on any atom is -0.396 e. The van der Waals surface area contributed by atoms with Gasteiger partial charge in [-0.15, -0.1) is 0 Å². The van der Waals surface area contributed by atoms with Crippen LogP contribution >= 0.6 is 0 Å². The molecule has 0 aromatic heterocycles. The van der Waals surface area contributed by atoms with Crippen LogP contribution in [0.25, 0.3) is 0 Å². The van der Waals surface area contributed by atoms with Crippen LogP contribution in [0.2, 0.25) is 0 Å². The Morgan fingerprint density at radius 1 is 1.37 bits per heavy atom.